The highest BCUT2D eigenvalue weighted by molar-refractivity contribution is 5.46. The maximum absolute atomic E-state index is 4.49. The van der Waals surface area contributed by atoms with Gasteiger partial charge < -0.3 is 14.9 Å². The average molecular weight is 266 g/mol. The van der Waals surface area contributed by atoms with Crippen molar-refractivity contribution in [3.05, 3.63) is 72.1 Å². The first kappa shape index (κ1) is 12.5. The summed E-state index contributed by atoms with van der Waals surface area (Å²) in [4.78, 5) is 7.56. The van der Waals surface area contributed by atoms with E-state index in [-0.39, 0.29) is 6.04 Å². The van der Waals surface area contributed by atoms with E-state index in [1.165, 1.54) is 11.1 Å². The molecule has 0 saturated carbocycles. The standard InChI is InChI=1S/C16H18N4/c1-12-4-3-5-13(10-12)15(16-18-8-9-20(16)2)19-14-6-7-17-11-14/h3-11,15,17,19H,1-2H3. The van der Waals surface area contributed by atoms with Crippen LogP contribution < -0.4 is 5.32 Å². The summed E-state index contributed by atoms with van der Waals surface area (Å²) in [6.45, 7) is 2.11. The minimum Gasteiger partial charge on any atom is -0.370 e. The molecule has 2 aromatic heterocycles. The Morgan fingerprint density at radius 2 is 2.20 bits per heavy atom. The minimum atomic E-state index is 0.0331. The quantitative estimate of drug-likeness (QED) is 0.761. The van der Waals surface area contributed by atoms with Crippen molar-refractivity contribution in [2.24, 2.45) is 7.05 Å². The third-order valence-corrected chi connectivity index (χ3v) is 3.40. The molecule has 1 atom stereocenters. The zero-order valence-corrected chi connectivity index (χ0v) is 11.7. The van der Waals surface area contributed by atoms with Crippen molar-refractivity contribution in [2.75, 3.05) is 5.32 Å². The molecule has 102 valence electrons. The van der Waals surface area contributed by atoms with Crippen molar-refractivity contribution in [1.82, 2.24) is 14.5 Å². The number of nitrogens with one attached hydrogen (secondary N) is 2. The zero-order valence-electron chi connectivity index (χ0n) is 11.7. The molecule has 2 N–H and O–H groups in total. The van der Waals surface area contributed by atoms with Gasteiger partial charge in [-0.2, -0.15) is 0 Å². The number of hydrogen-bond donors (Lipinski definition) is 2. The molecule has 0 aliphatic rings. The Morgan fingerprint density at radius 1 is 1.30 bits per heavy atom. The fourth-order valence-electron chi connectivity index (χ4n) is 2.38. The Bertz CT molecular complexity index is 682. The van der Waals surface area contributed by atoms with Gasteiger partial charge >= 0.3 is 0 Å². The molecule has 1 aromatic carbocycles. The van der Waals surface area contributed by atoms with Crippen molar-refractivity contribution in [2.45, 2.75) is 13.0 Å². The van der Waals surface area contributed by atoms with Crippen LogP contribution in [0.25, 0.3) is 0 Å². The van der Waals surface area contributed by atoms with Crippen molar-refractivity contribution >= 4 is 5.69 Å². The molecule has 20 heavy (non-hydrogen) atoms. The first-order chi connectivity index (χ1) is 9.74. The molecule has 0 aliphatic heterocycles. The lowest BCUT2D eigenvalue weighted by molar-refractivity contribution is 0.748. The number of imidazole rings is 1. The van der Waals surface area contributed by atoms with Crippen molar-refractivity contribution < 1.29 is 0 Å². The van der Waals surface area contributed by atoms with Gasteiger partial charge in [0.05, 0.1) is 5.69 Å². The van der Waals surface area contributed by atoms with E-state index < -0.39 is 0 Å². The molecule has 0 spiro atoms. The lowest BCUT2D eigenvalue weighted by atomic mass is 10.0. The van der Waals surface area contributed by atoms with Crippen LogP contribution in [0, 0.1) is 6.92 Å². The molecule has 0 fully saturated rings. The normalized spacial score (nSPS) is 12.3. The van der Waals surface area contributed by atoms with Crippen molar-refractivity contribution in [1.29, 1.82) is 0 Å². The van der Waals surface area contributed by atoms with Gasteiger partial charge in [-0.05, 0) is 18.6 Å². The van der Waals surface area contributed by atoms with Gasteiger partial charge in [0.1, 0.15) is 11.9 Å². The summed E-state index contributed by atoms with van der Waals surface area (Å²) in [5, 5.41) is 3.53. The summed E-state index contributed by atoms with van der Waals surface area (Å²) in [6, 6.07) is 10.6. The maximum Gasteiger partial charge on any atom is 0.135 e. The van der Waals surface area contributed by atoms with Gasteiger partial charge in [0, 0.05) is 31.8 Å². The third kappa shape index (κ3) is 2.45. The summed E-state index contributed by atoms with van der Waals surface area (Å²) < 4.78 is 2.05. The van der Waals surface area contributed by atoms with Crippen molar-refractivity contribution in [3.63, 3.8) is 0 Å². The van der Waals surface area contributed by atoms with Crippen LogP contribution in [0.4, 0.5) is 5.69 Å². The number of aromatic amines is 1. The number of aromatic nitrogens is 3. The van der Waals surface area contributed by atoms with E-state index in [0.717, 1.165) is 11.5 Å². The van der Waals surface area contributed by atoms with Gasteiger partial charge in [-0.1, -0.05) is 29.8 Å². The number of anilines is 1. The van der Waals surface area contributed by atoms with Gasteiger partial charge in [-0.25, -0.2) is 4.98 Å². The molecule has 4 heteroatoms. The van der Waals surface area contributed by atoms with Crippen LogP contribution in [-0.2, 0) is 7.05 Å². The number of H-pyrrole nitrogens is 1. The largest absolute Gasteiger partial charge is 0.370 e. The number of rotatable bonds is 4. The molecule has 0 amide bonds. The van der Waals surface area contributed by atoms with E-state index >= 15 is 0 Å². The molecule has 2 heterocycles. The van der Waals surface area contributed by atoms with Crippen LogP contribution in [0.1, 0.15) is 23.0 Å². The summed E-state index contributed by atoms with van der Waals surface area (Å²) in [7, 11) is 2.02. The summed E-state index contributed by atoms with van der Waals surface area (Å²) in [5.74, 6) is 0.997. The highest BCUT2D eigenvalue weighted by Gasteiger charge is 2.18. The summed E-state index contributed by atoms with van der Waals surface area (Å²) in [5.41, 5.74) is 3.51. The first-order valence-corrected chi connectivity index (χ1v) is 6.67. The molecule has 0 bridgehead atoms. The minimum absolute atomic E-state index is 0.0331. The smallest absolute Gasteiger partial charge is 0.135 e. The van der Waals surface area contributed by atoms with E-state index in [0.29, 0.717) is 0 Å². The molecule has 3 aromatic rings. The SMILES string of the molecule is Cc1cccc(C(Nc2cc[nH]c2)c2nccn2C)c1. The van der Waals surface area contributed by atoms with Crippen LogP contribution in [0.2, 0.25) is 0 Å². The Hall–Kier alpha value is -2.49. The fourth-order valence-corrected chi connectivity index (χ4v) is 2.38. The number of aryl methyl sites for hydroxylation is 2. The maximum atomic E-state index is 4.49. The first-order valence-electron chi connectivity index (χ1n) is 6.67. The van der Waals surface area contributed by atoms with Gasteiger partial charge in [0.2, 0.25) is 0 Å². The van der Waals surface area contributed by atoms with Crippen LogP contribution in [0.5, 0.6) is 0 Å². The Labute approximate surface area is 118 Å². The molecule has 1 unspecified atom stereocenters. The number of hydrogen-bond acceptors (Lipinski definition) is 2. The predicted molar refractivity (Wildman–Crippen MR) is 80.6 cm³/mol. The Balaban J connectivity index is 2.01. The average Bonchev–Trinajstić information content (AvgIpc) is 3.07. The van der Waals surface area contributed by atoms with E-state index in [1.807, 2.05) is 42.5 Å². The topological polar surface area (TPSA) is 45.6 Å². The van der Waals surface area contributed by atoms with Crippen LogP contribution >= 0.6 is 0 Å². The third-order valence-electron chi connectivity index (χ3n) is 3.40. The molecule has 0 aliphatic carbocycles. The lowest BCUT2D eigenvalue weighted by Crippen LogP contribution is -2.16. The van der Waals surface area contributed by atoms with E-state index in [9.17, 15) is 0 Å². The molecular weight excluding hydrogens is 248 g/mol. The van der Waals surface area contributed by atoms with Gasteiger partial charge in [-0.15, -0.1) is 0 Å². The molecule has 0 radical (unpaired) electrons. The molecule has 0 saturated heterocycles. The van der Waals surface area contributed by atoms with E-state index in [1.54, 1.807) is 0 Å². The van der Waals surface area contributed by atoms with Gasteiger partial charge in [-0.3, -0.25) is 0 Å². The Morgan fingerprint density at radius 3 is 2.85 bits per heavy atom. The second kappa shape index (κ2) is 5.25. The summed E-state index contributed by atoms with van der Waals surface area (Å²) in [6.07, 6.45) is 7.66. The highest BCUT2D eigenvalue weighted by atomic mass is 15.1. The molecule has 3 rings (SSSR count). The van der Waals surface area contributed by atoms with Crippen LogP contribution in [0.15, 0.2) is 55.1 Å². The second-order valence-corrected chi connectivity index (χ2v) is 4.99. The van der Waals surface area contributed by atoms with E-state index in [2.05, 4.69) is 46.5 Å². The van der Waals surface area contributed by atoms with Crippen LogP contribution in [-0.4, -0.2) is 14.5 Å². The van der Waals surface area contributed by atoms with E-state index in [4.69, 9.17) is 0 Å². The lowest BCUT2D eigenvalue weighted by Gasteiger charge is -2.20. The van der Waals surface area contributed by atoms with Crippen molar-refractivity contribution in [3.8, 4) is 0 Å². The second-order valence-electron chi connectivity index (χ2n) is 4.99. The number of benzene rings is 1. The fraction of sp³-hybridized carbons (Fsp3) is 0.188. The molecular formula is C16H18N4. The highest BCUT2D eigenvalue weighted by Crippen LogP contribution is 2.25. The van der Waals surface area contributed by atoms with Crippen LogP contribution in [0.3, 0.4) is 0 Å². The molecule has 4 nitrogen and oxygen atoms in total. The monoisotopic (exact) mass is 266 g/mol. The zero-order chi connectivity index (χ0) is 13.9. The predicted octanol–water partition coefficient (Wildman–Crippen LogP) is 3.26. The Kier molecular flexibility index (Phi) is 3.29. The van der Waals surface area contributed by atoms with Gasteiger partial charge in [0.15, 0.2) is 0 Å². The number of nitrogens with zero attached hydrogens (tertiary/aromatic N) is 2. The summed E-state index contributed by atoms with van der Waals surface area (Å²) >= 11 is 0. The van der Waals surface area contributed by atoms with Gasteiger partial charge in [0.25, 0.3) is 0 Å².